The molecule has 5 amide bonds. The summed E-state index contributed by atoms with van der Waals surface area (Å²) in [5.41, 5.74) is 0.715. The molecular formula is C36H34Cl2FIN7O8P. The number of fused-ring (bicyclic) bond motifs is 1. The maximum Gasteiger partial charge on any atom is 0.414 e. The summed E-state index contributed by atoms with van der Waals surface area (Å²) in [6.45, 7) is -0.599. The van der Waals surface area contributed by atoms with Gasteiger partial charge in [0.2, 0.25) is 11.8 Å². The minimum Gasteiger partial charge on any atom is -0.409 e. The summed E-state index contributed by atoms with van der Waals surface area (Å²) < 4.78 is 21.9. The van der Waals surface area contributed by atoms with Crippen LogP contribution < -0.4 is 13.2 Å². The lowest BCUT2D eigenvalue weighted by Crippen LogP contribution is -2.49. The maximum absolute atomic E-state index is 15.2. The molecule has 1 fully saturated rings. The SMILES string of the molecule is CN(CCCN(C)C(=O)C1CC(F)(P)CN1C(=O)CNC(=O)c1ccnc2ccccc12)C(=O)Oc1ccc(Cl)cc1C(=O)N(I)c1ccc([N+](=O)[O-])cc1Cl. The molecule has 1 N–H and O–H groups in total. The molecule has 1 aliphatic heterocycles. The Hall–Kier alpha value is -4.71. The molecule has 4 aromatic rings. The Morgan fingerprint density at radius 3 is 2.48 bits per heavy atom. The molecule has 294 valence electrons. The molecule has 3 aromatic carbocycles. The van der Waals surface area contributed by atoms with Crippen LogP contribution in [0.3, 0.4) is 0 Å². The van der Waals surface area contributed by atoms with Crippen molar-refractivity contribution in [3.63, 3.8) is 0 Å². The molecule has 0 radical (unpaired) electrons. The van der Waals surface area contributed by atoms with E-state index in [4.69, 9.17) is 27.9 Å². The molecule has 1 saturated heterocycles. The predicted octanol–water partition coefficient (Wildman–Crippen LogP) is 6.30. The number of carbonyl (C=O) groups excluding carboxylic acids is 5. The fourth-order valence-corrected chi connectivity index (χ4v) is 7.61. The first-order valence-electron chi connectivity index (χ1n) is 16.8. The molecule has 0 spiro atoms. The van der Waals surface area contributed by atoms with Crippen LogP contribution in [0.4, 0.5) is 20.6 Å². The number of hydrogen-bond donors (Lipinski definition) is 1. The number of likely N-dealkylation sites (tertiary alicyclic amines) is 1. The van der Waals surface area contributed by atoms with Gasteiger partial charge in [-0.3, -0.25) is 34.3 Å². The fourth-order valence-electron chi connectivity index (χ4n) is 5.93. The second-order valence-corrected chi connectivity index (χ2v) is 15.7. The van der Waals surface area contributed by atoms with Crippen LogP contribution in [0.5, 0.6) is 5.75 Å². The smallest absolute Gasteiger partial charge is 0.409 e. The summed E-state index contributed by atoms with van der Waals surface area (Å²) in [5.74, 6) is -2.46. The van der Waals surface area contributed by atoms with Crippen molar-refractivity contribution in [3.05, 3.63) is 104 Å². The highest BCUT2D eigenvalue weighted by Crippen LogP contribution is 2.37. The Kier molecular flexibility index (Phi) is 13.7. The van der Waals surface area contributed by atoms with E-state index in [9.17, 15) is 34.1 Å². The van der Waals surface area contributed by atoms with Gasteiger partial charge in [-0.15, -0.1) is 0 Å². The van der Waals surface area contributed by atoms with Crippen LogP contribution in [0.1, 0.15) is 33.6 Å². The number of para-hydroxylation sites is 1. The average Bonchev–Trinajstić information content (AvgIpc) is 3.51. The Labute approximate surface area is 346 Å². The van der Waals surface area contributed by atoms with Gasteiger partial charge in [-0.05, 0) is 42.8 Å². The number of halogens is 4. The molecule has 1 aliphatic rings. The standard InChI is InChI=1S/C36H34Cl2FIN7O8P/c1-43(34(51)29-18-36(39,56)20-45(29)31(48)19-42-32(49)24-12-13-41-27-7-4-3-6-23(24)27)14-5-15-44(2)35(52)55-30-11-8-21(37)16-25(30)33(50)46(40)28-10-9-22(47(53)54)17-26(28)38/h3-4,6-13,16-17,29H,5,14-15,18-20,56H2,1-2H3,(H,42,49). The van der Waals surface area contributed by atoms with E-state index in [2.05, 4.69) is 10.3 Å². The van der Waals surface area contributed by atoms with E-state index >= 15 is 4.39 Å². The summed E-state index contributed by atoms with van der Waals surface area (Å²) in [7, 11) is 5.00. The summed E-state index contributed by atoms with van der Waals surface area (Å²) >= 11 is 14.0. The van der Waals surface area contributed by atoms with Crippen molar-refractivity contribution < 1.29 is 38.0 Å². The minimum atomic E-state index is -1.92. The number of nitrogens with one attached hydrogen (secondary N) is 1. The lowest BCUT2D eigenvalue weighted by atomic mass is 10.1. The molecule has 2 heterocycles. The Morgan fingerprint density at radius 1 is 1.05 bits per heavy atom. The number of ether oxygens (including phenoxy) is 1. The largest absolute Gasteiger partial charge is 0.414 e. The maximum atomic E-state index is 15.2. The molecule has 20 heteroatoms. The highest BCUT2D eigenvalue weighted by molar-refractivity contribution is 14.1. The molecule has 0 bridgehead atoms. The Balaban J connectivity index is 1.16. The Morgan fingerprint density at radius 2 is 1.77 bits per heavy atom. The number of nitro benzene ring substituents is 1. The third-order valence-corrected chi connectivity index (χ3v) is 10.7. The first kappa shape index (κ1) is 42.4. The van der Waals surface area contributed by atoms with Gasteiger partial charge in [-0.2, -0.15) is 0 Å². The van der Waals surface area contributed by atoms with E-state index in [0.29, 0.717) is 16.5 Å². The molecular weight excluding hydrogens is 906 g/mol. The topological polar surface area (TPSA) is 176 Å². The van der Waals surface area contributed by atoms with Crippen LogP contribution in [-0.4, -0.2) is 106 Å². The van der Waals surface area contributed by atoms with Crippen LogP contribution in [0.15, 0.2) is 72.9 Å². The molecule has 56 heavy (non-hydrogen) atoms. The number of anilines is 1. The number of alkyl halides is 1. The number of non-ortho nitro benzene ring substituents is 1. The van der Waals surface area contributed by atoms with Gasteiger partial charge < -0.3 is 24.8 Å². The van der Waals surface area contributed by atoms with E-state index in [0.717, 1.165) is 14.1 Å². The molecule has 0 saturated carbocycles. The quantitative estimate of drug-likeness (QED) is 0.0562. The van der Waals surface area contributed by atoms with Gasteiger partial charge in [0, 0.05) is 62.3 Å². The minimum absolute atomic E-state index is 0.0603. The lowest BCUT2D eigenvalue weighted by molar-refractivity contribution is -0.384. The number of likely N-dealkylation sites (N-methyl/N-ethyl adjacent to an activating group) is 1. The molecule has 15 nitrogen and oxygen atoms in total. The van der Waals surface area contributed by atoms with Gasteiger partial charge in [0.05, 0.1) is 68.2 Å². The lowest BCUT2D eigenvalue weighted by Gasteiger charge is -2.28. The zero-order valence-corrected chi connectivity index (χ0v) is 34.6. The monoisotopic (exact) mass is 939 g/mol. The summed E-state index contributed by atoms with van der Waals surface area (Å²) in [4.78, 5) is 84.8. The Bertz CT molecular complexity index is 2210. The van der Waals surface area contributed by atoms with Crippen molar-refractivity contribution in [2.24, 2.45) is 0 Å². The summed E-state index contributed by atoms with van der Waals surface area (Å²) in [6, 6.07) is 15.1. The van der Waals surface area contributed by atoms with Crippen molar-refractivity contribution >= 4 is 107 Å². The van der Waals surface area contributed by atoms with Gasteiger partial charge in [0.25, 0.3) is 17.5 Å². The molecule has 3 unspecified atom stereocenters. The number of benzene rings is 3. The number of carbonyl (C=O) groups is 5. The molecule has 5 rings (SSSR count). The number of amides is 5. The van der Waals surface area contributed by atoms with Gasteiger partial charge in [0.15, 0.2) is 0 Å². The number of aromatic nitrogens is 1. The number of nitro groups is 1. The second kappa shape index (κ2) is 18.0. The van der Waals surface area contributed by atoms with E-state index in [1.165, 1.54) is 66.5 Å². The number of rotatable bonds is 12. The third kappa shape index (κ3) is 9.99. The molecule has 0 aliphatic carbocycles. The van der Waals surface area contributed by atoms with E-state index in [1.54, 1.807) is 47.1 Å². The van der Waals surface area contributed by atoms with Gasteiger partial charge >= 0.3 is 6.09 Å². The van der Waals surface area contributed by atoms with Crippen LogP contribution >= 0.6 is 55.3 Å². The van der Waals surface area contributed by atoms with E-state index < -0.39 is 52.6 Å². The van der Waals surface area contributed by atoms with Crippen molar-refractivity contribution in [1.82, 2.24) is 25.0 Å². The highest BCUT2D eigenvalue weighted by Gasteiger charge is 2.47. The zero-order chi connectivity index (χ0) is 40.9. The highest BCUT2D eigenvalue weighted by atomic mass is 127. The van der Waals surface area contributed by atoms with Crippen LogP contribution in [0.2, 0.25) is 10.0 Å². The zero-order valence-electron chi connectivity index (χ0n) is 29.8. The van der Waals surface area contributed by atoms with Gasteiger partial charge in [-0.1, -0.05) is 50.6 Å². The van der Waals surface area contributed by atoms with Crippen molar-refractivity contribution in [2.75, 3.05) is 43.4 Å². The van der Waals surface area contributed by atoms with Crippen LogP contribution in [0, 0.1) is 10.1 Å². The number of nitrogens with zero attached hydrogens (tertiary/aromatic N) is 6. The second-order valence-electron chi connectivity index (χ2n) is 12.9. The van der Waals surface area contributed by atoms with Crippen LogP contribution in [-0.2, 0) is 9.59 Å². The average molecular weight is 940 g/mol. The number of hydrogen-bond acceptors (Lipinski definition) is 9. The van der Waals surface area contributed by atoms with Crippen molar-refractivity contribution in [2.45, 2.75) is 24.3 Å². The van der Waals surface area contributed by atoms with Crippen LogP contribution in [0.25, 0.3) is 10.9 Å². The molecule has 1 aromatic heterocycles. The summed E-state index contributed by atoms with van der Waals surface area (Å²) in [6.07, 6.45) is 0.648. The predicted molar refractivity (Wildman–Crippen MR) is 219 cm³/mol. The first-order chi connectivity index (χ1) is 26.5. The summed E-state index contributed by atoms with van der Waals surface area (Å²) in [5, 5.41) is 12.5. The third-order valence-electron chi connectivity index (χ3n) is 8.82. The van der Waals surface area contributed by atoms with Gasteiger partial charge in [0.1, 0.15) is 17.2 Å². The van der Waals surface area contributed by atoms with Crippen molar-refractivity contribution in [1.29, 1.82) is 0 Å². The fraction of sp³-hybridized carbons (Fsp3) is 0.278. The molecule has 3 atom stereocenters. The van der Waals surface area contributed by atoms with Crippen molar-refractivity contribution in [3.8, 4) is 5.75 Å². The van der Waals surface area contributed by atoms with E-state index in [-0.39, 0.29) is 65.2 Å². The first-order valence-corrected chi connectivity index (χ1v) is 19.1. The number of pyridine rings is 1. The normalized spacial score (nSPS) is 16.3. The van der Waals surface area contributed by atoms with Gasteiger partial charge in [-0.25, -0.2) is 12.3 Å². The van der Waals surface area contributed by atoms with E-state index in [1.807, 2.05) is 9.24 Å².